The molecule has 0 unspecified atom stereocenters. The van der Waals surface area contributed by atoms with E-state index in [9.17, 15) is 9.50 Å². The normalized spacial score (nSPS) is 23.1. The molecule has 0 bridgehead atoms. The topological polar surface area (TPSA) is 54.5 Å². The molecular weight excluding hydrogens is 446 g/mol. The van der Waals surface area contributed by atoms with Crippen molar-refractivity contribution < 1.29 is 13.9 Å². The smallest absolute Gasteiger partial charge is 0.143 e. The molecule has 188 valence electrons. The van der Waals surface area contributed by atoms with Gasteiger partial charge in [-0.2, -0.15) is 0 Å². The molecule has 3 N–H and O–H groups in total. The molecule has 35 heavy (non-hydrogen) atoms. The maximum absolute atomic E-state index is 15.1. The van der Waals surface area contributed by atoms with E-state index in [0.29, 0.717) is 12.5 Å². The van der Waals surface area contributed by atoms with E-state index in [1.54, 1.807) is 0 Å². The van der Waals surface area contributed by atoms with Gasteiger partial charge < -0.3 is 15.4 Å². The van der Waals surface area contributed by atoms with Crippen molar-refractivity contribution in [2.45, 2.75) is 50.5 Å². The monoisotopic (exact) mass is 482 g/mol. The minimum atomic E-state index is -1.68. The number of aliphatic hydroxyl groups is 1. The zero-order chi connectivity index (χ0) is 24.6. The number of para-hydroxylation sites is 1. The van der Waals surface area contributed by atoms with Crippen LogP contribution in [0.5, 0.6) is 0 Å². The maximum Gasteiger partial charge on any atom is 0.143 e. The lowest BCUT2D eigenvalue weighted by Gasteiger charge is -2.43. The van der Waals surface area contributed by atoms with Gasteiger partial charge in [-0.25, -0.2) is 4.39 Å². The number of fused-ring (bicyclic) bond motifs is 3. The fraction of sp³-hybridized carbons (Fsp3) is 0.500. The molecule has 3 heterocycles. The average molecular weight is 483 g/mol. The summed E-state index contributed by atoms with van der Waals surface area (Å²) in [6.45, 7) is 5.69. The standard InChI is InChI=1S/C28H36F2N4O/c1-19-14-24-23-6-3-4-7-25(23)32-26(24)27(34(19)17-28(2,30)18-35)20-8-10-21(11-9-20)31-22-15-33(16-22)13-5-12-29/h3-4,6-11,19,22,27,31-32,35H,5,12-18H2,1-2H3/t19-,27-,28-/m1/s1. The van der Waals surface area contributed by atoms with E-state index < -0.39 is 12.3 Å². The van der Waals surface area contributed by atoms with E-state index in [0.717, 1.165) is 48.5 Å². The lowest BCUT2D eigenvalue weighted by atomic mass is 9.87. The molecule has 2 aromatic carbocycles. The highest BCUT2D eigenvalue weighted by atomic mass is 19.1. The number of hydrogen-bond donors (Lipinski definition) is 3. The van der Waals surface area contributed by atoms with Crippen LogP contribution in [-0.2, 0) is 6.42 Å². The largest absolute Gasteiger partial charge is 0.393 e. The molecule has 2 aliphatic rings. The molecule has 0 radical (unpaired) electrons. The molecular formula is C28H36F2N4O. The lowest BCUT2D eigenvalue weighted by Crippen LogP contribution is -2.54. The molecule has 2 aliphatic heterocycles. The summed E-state index contributed by atoms with van der Waals surface area (Å²) in [5.41, 5.74) is 3.98. The highest BCUT2D eigenvalue weighted by Gasteiger charge is 2.39. The third-order valence-electron chi connectivity index (χ3n) is 7.52. The van der Waals surface area contributed by atoms with E-state index in [-0.39, 0.29) is 25.3 Å². The molecule has 1 fully saturated rings. The van der Waals surface area contributed by atoms with Gasteiger partial charge in [-0.15, -0.1) is 0 Å². The molecule has 7 heteroatoms. The van der Waals surface area contributed by atoms with Crippen molar-refractivity contribution in [3.05, 3.63) is 65.4 Å². The summed E-state index contributed by atoms with van der Waals surface area (Å²) in [4.78, 5) is 8.08. The van der Waals surface area contributed by atoms with Gasteiger partial charge in [0.15, 0.2) is 0 Å². The number of halogens is 2. The summed E-state index contributed by atoms with van der Waals surface area (Å²) in [5.74, 6) is 0. The zero-order valence-corrected chi connectivity index (χ0v) is 20.6. The van der Waals surface area contributed by atoms with Crippen molar-refractivity contribution in [3.63, 3.8) is 0 Å². The number of rotatable bonds is 9. The first-order valence-electron chi connectivity index (χ1n) is 12.7. The van der Waals surface area contributed by atoms with Gasteiger partial charge >= 0.3 is 0 Å². The zero-order valence-electron chi connectivity index (χ0n) is 20.6. The van der Waals surface area contributed by atoms with Crippen LogP contribution in [0.25, 0.3) is 10.9 Å². The lowest BCUT2D eigenvalue weighted by molar-refractivity contribution is 0.0175. The summed E-state index contributed by atoms with van der Waals surface area (Å²) in [5, 5.41) is 14.5. The van der Waals surface area contributed by atoms with E-state index in [4.69, 9.17) is 0 Å². The Labute approximate surface area is 206 Å². The summed E-state index contributed by atoms with van der Waals surface area (Å²) in [7, 11) is 0. The van der Waals surface area contributed by atoms with Gasteiger partial charge in [-0.1, -0.05) is 30.3 Å². The van der Waals surface area contributed by atoms with Gasteiger partial charge in [0, 0.05) is 54.5 Å². The van der Waals surface area contributed by atoms with E-state index in [2.05, 4.69) is 69.5 Å². The Morgan fingerprint density at radius 3 is 2.60 bits per heavy atom. The second-order valence-corrected chi connectivity index (χ2v) is 10.5. The van der Waals surface area contributed by atoms with E-state index in [1.807, 2.05) is 6.07 Å². The highest BCUT2D eigenvalue weighted by Crippen LogP contribution is 2.41. The molecule has 1 aromatic heterocycles. The number of alkyl halides is 2. The first kappa shape index (κ1) is 24.2. The fourth-order valence-electron chi connectivity index (χ4n) is 5.67. The minimum Gasteiger partial charge on any atom is -0.393 e. The van der Waals surface area contributed by atoms with Crippen molar-refractivity contribution in [1.82, 2.24) is 14.8 Å². The third-order valence-corrected chi connectivity index (χ3v) is 7.52. The van der Waals surface area contributed by atoms with Crippen molar-refractivity contribution in [2.75, 3.05) is 44.8 Å². The summed E-state index contributed by atoms with van der Waals surface area (Å²) in [6, 6.07) is 17.2. The van der Waals surface area contributed by atoms with Gasteiger partial charge in [0.05, 0.1) is 25.4 Å². The maximum atomic E-state index is 15.1. The van der Waals surface area contributed by atoms with Gasteiger partial charge in [-0.05, 0) is 56.0 Å². The molecule has 5 rings (SSSR count). The van der Waals surface area contributed by atoms with Crippen LogP contribution in [0.3, 0.4) is 0 Å². The number of likely N-dealkylation sites (tertiary alicyclic amines) is 1. The molecule has 3 atom stereocenters. The molecule has 3 aromatic rings. The Bertz CT molecular complexity index is 1140. The van der Waals surface area contributed by atoms with Crippen molar-refractivity contribution >= 4 is 16.6 Å². The number of aliphatic hydroxyl groups excluding tert-OH is 1. The molecule has 0 amide bonds. The summed E-state index contributed by atoms with van der Waals surface area (Å²) >= 11 is 0. The Balaban J connectivity index is 1.41. The van der Waals surface area contributed by atoms with Crippen LogP contribution in [-0.4, -0.2) is 77.1 Å². The number of hydrogen-bond acceptors (Lipinski definition) is 4. The minimum absolute atomic E-state index is 0.122. The Hall–Kier alpha value is -2.48. The number of aromatic amines is 1. The first-order chi connectivity index (χ1) is 16.9. The summed E-state index contributed by atoms with van der Waals surface area (Å²) in [6.07, 6.45) is 1.43. The predicted molar refractivity (Wildman–Crippen MR) is 137 cm³/mol. The predicted octanol–water partition coefficient (Wildman–Crippen LogP) is 4.68. The van der Waals surface area contributed by atoms with Crippen molar-refractivity contribution in [2.24, 2.45) is 0 Å². The van der Waals surface area contributed by atoms with Crippen LogP contribution in [0.1, 0.15) is 43.1 Å². The van der Waals surface area contributed by atoms with E-state index >= 15 is 4.39 Å². The number of anilines is 1. The Kier molecular flexibility index (Phi) is 6.84. The first-order valence-corrected chi connectivity index (χ1v) is 12.7. The Morgan fingerprint density at radius 1 is 1.14 bits per heavy atom. The van der Waals surface area contributed by atoms with E-state index in [1.165, 1.54) is 17.9 Å². The molecule has 5 nitrogen and oxygen atoms in total. The quantitative estimate of drug-likeness (QED) is 0.415. The van der Waals surface area contributed by atoms with Crippen LogP contribution in [0, 0.1) is 0 Å². The second-order valence-electron chi connectivity index (χ2n) is 10.5. The van der Waals surface area contributed by atoms with Crippen LogP contribution in [0.2, 0.25) is 0 Å². The van der Waals surface area contributed by atoms with Crippen molar-refractivity contribution in [1.29, 1.82) is 0 Å². The second kappa shape index (κ2) is 9.88. The SMILES string of the molecule is C[C@@H]1Cc2c([nH]c3ccccc23)[C@@H](c2ccc(NC3CN(CCCF)C3)cc2)N1C[C@@](C)(F)CO. The number of benzene rings is 2. The number of nitrogens with one attached hydrogen (secondary N) is 2. The van der Waals surface area contributed by atoms with Gasteiger partial charge in [0.1, 0.15) is 5.67 Å². The molecule has 0 aliphatic carbocycles. The molecule has 0 saturated carbocycles. The van der Waals surface area contributed by atoms with Crippen LogP contribution >= 0.6 is 0 Å². The average Bonchev–Trinajstić information content (AvgIpc) is 3.19. The number of H-pyrrole nitrogens is 1. The molecule has 1 saturated heterocycles. The van der Waals surface area contributed by atoms with Gasteiger partial charge in [-0.3, -0.25) is 14.2 Å². The van der Waals surface area contributed by atoms with Gasteiger partial charge in [0.25, 0.3) is 0 Å². The number of aromatic nitrogens is 1. The molecule has 0 spiro atoms. The van der Waals surface area contributed by atoms with Crippen LogP contribution in [0.4, 0.5) is 14.5 Å². The van der Waals surface area contributed by atoms with Crippen LogP contribution < -0.4 is 5.32 Å². The van der Waals surface area contributed by atoms with Gasteiger partial charge in [0.2, 0.25) is 0 Å². The van der Waals surface area contributed by atoms with Crippen molar-refractivity contribution in [3.8, 4) is 0 Å². The van der Waals surface area contributed by atoms with Crippen LogP contribution in [0.15, 0.2) is 48.5 Å². The fourth-order valence-corrected chi connectivity index (χ4v) is 5.67. The third kappa shape index (κ3) is 4.95. The number of nitrogens with zero attached hydrogens (tertiary/aromatic N) is 2. The Morgan fingerprint density at radius 2 is 1.89 bits per heavy atom. The summed E-state index contributed by atoms with van der Waals surface area (Å²) < 4.78 is 27.5. The highest BCUT2D eigenvalue weighted by molar-refractivity contribution is 5.85.